The number of nitrogens with zero attached hydrogens (tertiary/aromatic N) is 2. The largest absolute Gasteiger partial charge is 0.384 e. The van der Waals surface area contributed by atoms with Crippen LogP contribution in [-0.4, -0.2) is 16.6 Å². The lowest BCUT2D eigenvalue weighted by atomic mass is 10.3. The molecule has 0 atom stereocenters. The zero-order chi connectivity index (χ0) is 14.5. The second kappa shape index (κ2) is 6.80. The van der Waals surface area contributed by atoms with Gasteiger partial charge in [-0.05, 0) is 47.7 Å². The van der Waals surface area contributed by atoms with Gasteiger partial charge in [-0.3, -0.25) is 0 Å². The topological polar surface area (TPSA) is 73.1 Å². The average Bonchev–Trinajstić information content (AvgIpc) is 2.39. The number of anilines is 3. The van der Waals surface area contributed by atoms with Gasteiger partial charge in [-0.1, -0.05) is 0 Å². The molecule has 1 aromatic carbocycles. The number of halogens is 2. The summed E-state index contributed by atoms with van der Waals surface area (Å²) in [6.07, 6.45) is 0. The van der Waals surface area contributed by atoms with Crippen molar-refractivity contribution in [3.8, 4) is 0 Å². The molecule has 0 aliphatic heterocycles. The van der Waals surface area contributed by atoms with E-state index < -0.39 is 0 Å². The quantitative estimate of drug-likeness (QED) is 0.771. The number of hydrogen-bond donors (Lipinski definition) is 2. The van der Waals surface area contributed by atoms with E-state index in [1.807, 2.05) is 6.92 Å². The van der Waals surface area contributed by atoms with E-state index in [-0.39, 0.29) is 5.82 Å². The molecule has 0 saturated heterocycles. The molecule has 0 radical (unpaired) electrons. The molecule has 0 fully saturated rings. The first-order chi connectivity index (χ1) is 9.58. The van der Waals surface area contributed by atoms with Crippen LogP contribution in [-0.2, 0) is 11.3 Å². The molecule has 7 heteroatoms. The number of ether oxygens (including phenoxy) is 1. The van der Waals surface area contributed by atoms with Crippen molar-refractivity contribution < 1.29 is 9.13 Å². The van der Waals surface area contributed by atoms with Crippen LogP contribution in [0.15, 0.2) is 24.3 Å². The summed E-state index contributed by atoms with van der Waals surface area (Å²) in [5.74, 6) is 1.14. The van der Waals surface area contributed by atoms with Gasteiger partial charge in [0.15, 0.2) is 5.82 Å². The van der Waals surface area contributed by atoms with Crippen LogP contribution in [0.2, 0.25) is 0 Å². The summed E-state index contributed by atoms with van der Waals surface area (Å²) in [4.78, 5) is 8.39. The van der Waals surface area contributed by atoms with Crippen molar-refractivity contribution in [1.82, 2.24) is 9.97 Å². The van der Waals surface area contributed by atoms with Crippen LogP contribution in [0.3, 0.4) is 0 Å². The first-order valence-electron chi connectivity index (χ1n) is 6.01. The third-order valence-electron chi connectivity index (χ3n) is 2.42. The van der Waals surface area contributed by atoms with Crippen LogP contribution in [0.25, 0.3) is 0 Å². The molecule has 0 saturated carbocycles. The molecule has 20 heavy (non-hydrogen) atoms. The van der Waals surface area contributed by atoms with Crippen molar-refractivity contribution in [2.45, 2.75) is 13.5 Å². The Kier molecular flexibility index (Phi) is 5.07. The average molecular weight is 388 g/mol. The summed E-state index contributed by atoms with van der Waals surface area (Å²) >= 11 is 2.05. The summed E-state index contributed by atoms with van der Waals surface area (Å²) in [6.45, 7) is 2.78. The summed E-state index contributed by atoms with van der Waals surface area (Å²) in [5.41, 5.74) is 6.50. The Morgan fingerprint density at radius 1 is 1.35 bits per heavy atom. The van der Waals surface area contributed by atoms with E-state index >= 15 is 0 Å². The van der Waals surface area contributed by atoms with Crippen LogP contribution in [0.5, 0.6) is 0 Å². The standard InChI is InChI=1S/C13H14FIN4O/c1-2-20-7-13-18-11(16)6-12(19-13)17-10-4-3-8(14)5-9(10)15/h3-6H,2,7H2,1H3,(H3,16,17,18,19). The summed E-state index contributed by atoms with van der Waals surface area (Å²) in [7, 11) is 0. The highest BCUT2D eigenvalue weighted by atomic mass is 127. The maximum atomic E-state index is 13.1. The second-order valence-electron chi connectivity index (χ2n) is 3.98. The van der Waals surface area contributed by atoms with Gasteiger partial charge in [0.05, 0.1) is 5.69 Å². The summed E-state index contributed by atoms with van der Waals surface area (Å²) < 4.78 is 19.1. The zero-order valence-corrected chi connectivity index (χ0v) is 13.0. The van der Waals surface area contributed by atoms with E-state index in [0.717, 1.165) is 9.26 Å². The molecule has 0 spiro atoms. The van der Waals surface area contributed by atoms with E-state index in [0.29, 0.717) is 30.7 Å². The van der Waals surface area contributed by atoms with Crippen LogP contribution in [0.1, 0.15) is 12.7 Å². The van der Waals surface area contributed by atoms with Crippen molar-refractivity contribution in [1.29, 1.82) is 0 Å². The number of aromatic nitrogens is 2. The molecular weight excluding hydrogens is 374 g/mol. The van der Waals surface area contributed by atoms with Crippen LogP contribution in [0, 0.1) is 9.39 Å². The molecule has 5 nitrogen and oxygen atoms in total. The molecule has 2 aromatic rings. The minimum Gasteiger partial charge on any atom is -0.384 e. The van der Waals surface area contributed by atoms with Crippen molar-refractivity contribution in [3.63, 3.8) is 0 Å². The second-order valence-corrected chi connectivity index (χ2v) is 5.14. The Labute approximate surface area is 129 Å². The van der Waals surface area contributed by atoms with Crippen LogP contribution >= 0.6 is 22.6 Å². The van der Waals surface area contributed by atoms with Gasteiger partial charge in [-0.15, -0.1) is 0 Å². The molecule has 0 unspecified atom stereocenters. The molecule has 2 rings (SSSR count). The normalized spacial score (nSPS) is 10.6. The molecule has 0 aliphatic rings. The van der Waals surface area contributed by atoms with Gasteiger partial charge in [-0.2, -0.15) is 0 Å². The molecule has 0 aliphatic carbocycles. The van der Waals surface area contributed by atoms with Crippen molar-refractivity contribution in [2.24, 2.45) is 0 Å². The van der Waals surface area contributed by atoms with Gasteiger partial charge >= 0.3 is 0 Å². The van der Waals surface area contributed by atoms with Gasteiger partial charge in [0.1, 0.15) is 24.1 Å². The Bertz CT molecular complexity index is 609. The minimum atomic E-state index is -0.279. The predicted octanol–water partition coefficient (Wildman–Crippen LogP) is 3.08. The molecule has 106 valence electrons. The SMILES string of the molecule is CCOCc1nc(N)cc(Nc2ccc(F)cc2I)n1. The van der Waals surface area contributed by atoms with E-state index in [2.05, 4.69) is 37.9 Å². The Balaban J connectivity index is 2.21. The lowest BCUT2D eigenvalue weighted by Gasteiger charge is -2.10. The fourth-order valence-corrected chi connectivity index (χ4v) is 2.18. The minimum absolute atomic E-state index is 0.279. The van der Waals surface area contributed by atoms with Gasteiger partial charge in [0.2, 0.25) is 0 Å². The Morgan fingerprint density at radius 2 is 2.15 bits per heavy atom. The first-order valence-corrected chi connectivity index (χ1v) is 7.09. The van der Waals surface area contributed by atoms with Crippen LogP contribution < -0.4 is 11.1 Å². The fraction of sp³-hybridized carbons (Fsp3) is 0.231. The molecule has 1 heterocycles. The number of nitrogens with one attached hydrogen (secondary N) is 1. The van der Waals surface area contributed by atoms with Gasteiger partial charge in [-0.25, -0.2) is 14.4 Å². The predicted molar refractivity (Wildman–Crippen MR) is 84.2 cm³/mol. The lowest BCUT2D eigenvalue weighted by Crippen LogP contribution is -2.05. The number of benzene rings is 1. The number of nitrogens with two attached hydrogens (primary N) is 1. The number of hydrogen-bond acceptors (Lipinski definition) is 5. The Hall–Kier alpha value is -1.48. The van der Waals surface area contributed by atoms with E-state index in [1.165, 1.54) is 12.1 Å². The highest BCUT2D eigenvalue weighted by Crippen LogP contribution is 2.23. The van der Waals surface area contributed by atoms with Crippen LogP contribution in [0.4, 0.5) is 21.7 Å². The highest BCUT2D eigenvalue weighted by molar-refractivity contribution is 14.1. The lowest BCUT2D eigenvalue weighted by molar-refractivity contribution is 0.128. The van der Waals surface area contributed by atoms with E-state index in [1.54, 1.807) is 12.1 Å². The van der Waals surface area contributed by atoms with Gasteiger partial charge in [0, 0.05) is 16.2 Å². The van der Waals surface area contributed by atoms with Gasteiger partial charge in [0.25, 0.3) is 0 Å². The maximum Gasteiger partial charge on any atom is 0.158 e. The number of rotatable bonds is 5. The molecule has 3 N–H and O–H groups in total. The van der Waals surface area contributed by atoms with Crippen molar-refractivity contribution in [3.05, 3.63) is 39.5 Å². The third kappa shape index (κ3) is 4.01. The molecule has 0 bridgehead atoms. The van der Waals surface area contributed by atoms with Crippen molar-refractivity contribution in [2.75, 3.05) is 17.7 Å². The van der Waals surface area contributed by atoms with Crippen molar-refractivity contribution >= 4 is 39.9 Å². The smallest absolute Gasteiger partial charge is 0.158 e. The summed E-state index contributed by atoms with van der Waals surface area (Å²) in [6, 6.07) is 6.09. The molecule has 0 amide bonds. The van der Waals surface area contributed by atoms with E-state index in [4.69, 9.17) is 10.5 Å². The maximum absolute atomic E-state index is 13.1. The summed E-state index contributed by atoms with van der Waals surface area (Å²) in [5, 5.41) is 3.10. The first kappa shape index (κ1) is 14.9. The third-order valence-corrected chi connectivity index (χ3v) is 3.31. The van der Waals surface area contributed by atoms with E-state index in [9.17, 15) is 4.39 Å². The zero-order valence-electron chi connectivity index (χ0n) is 10.9. The monoisotopic (exact) mass is 388 g/mol. The Morgan fingerprint density at radius 3 is 2.85 bits per heavy atom. The van der Waals surface area contributed by atoms with Gasteiger partial charge < -0.3 is 15.8 Å². The fourth-order valence-electron chi connectivity index (χ4n) is 1.57. The highest BCUT2D eigenvalue weighted by Gasteiger charge is 2.06. The number of nitrogen functional groups attached to an aromatic ring is 1. The molecule has 1 aromatic heterocycles. The molecular formula is C13H14FIN4O.